The van der Waals surface area contributed by atoms with Gasteiger partial charge in [0.25, 0.3) is 0 Å². The lowest BCUT2D eigenvalue weighted by Crippen LogP contribution is -2.41. The van der Waals surface area contributed by atoms with E-state index in [9.17, 15) is 0 Å². The maximum Gasteiger partial charge on any atom is 0.123 e. The maximum absolute atomic E-state index is 5.33. The summed E-state index contributed by atoms with van der Waals surface area (Å²) in [4.78, 5) is 0. The first-order chi connectivity index (χ1) is 7.90. The Morgan fingerprint density at radius 2 is 1.94 bits per heavy atom. The van der Waals surface area contributed by atoms with Crippen LogP contribution in [0.4, 0.5) is 0 Å². The third-order valence-electron chi connectivity index (χ3n) is 3.04. The molecular weight excluding hydrogens is 200 g/mol. The van der Waals surface area contributed by atoms with E-state index in [0.717, 1.165) is 25.4 Å². The SMILES string of the molecule is COc1ccccc1CNN1CCCCC1. The fourth-order valence-corrected chi connectivity index (χ4v) is 2.10. The zero-order chi connectivity index (χ0) is 11.2. The van der Waals surface area contributed by atoms with Crippen LogP contribution in [0.2, 0.25) is 0 Å². The molecule has 3 heteroatoms. The average molecular weight is 220 g/mol. The summed E-state index contributed by atoms with van der Waals surface area (Å²) in [6.45, 7) is 3.17. The topological polar surface area (TPSA) is 24.5 Å². The largest absolute Gasteiger partial charge is 0.496 e. The molecule has 1 saturated heterocycles. The van der Waals surface area contributed by atoms with Gasteiger partial charge in [0.15, 0.2) is 0 Å². The normalized spacial score (nSPS) is 17.3. The number of hydrogen-bond donors (Lipinski definition) is 1. The second-order valence-electron chi connectivity index (χ2n) is 4.19. The van der Waals surface area contributed by atoms with Crippen molar-refractivity contribution in [2.24, 2.45) is 0 Å². The summed E-state index contributed by atoms with van der Waals surface area (Å²) in [5.74, 6) is 0.965. The minimum atomic E-state index is 0.851. The van der Waals surface area contributed by atoms with E-state index in [0.29, 0.717) is 0 Å². The fourth-order valence-electron chi connectivity index (χ4n) is 2.10. The van der Waals surface area contributed by atoms with Crippen LogP contribution in [0.15, 0.2) is 24.3 Å². The molecule has 0 radical (unpaired) electrons. The Morgan fingerprint density at radius 3 is 2.69 bits per heavy atom. The van der Waals surface area contributed by atoms with Gasteiger partial charge in [0.1, 0.15) is 5.75 Å². The van der Waals surface area contributed by atoms with Crippen LogP contribution < -0.4 is 10.2 Å². The molecule has 0 unspecified atom stereocenters. The van der Waals surface area contributed by atoms with E-state index in [2.05, 4.69) is 22.6 Å². The van der Waals surface area contributed by atoms with Crippen molar-refractivity contribution in [1.82, 2.24) is 10.4 Å². The van der Waals surface area contributed by atoms with Crippen LogP contribution in [0.1, 0.15) is 24.8 Å². The molecule has 0 aliphatic carbocycles. The molecule has 0 aromatic heterocycles. The summed E-state index contributed by atoms with van der Waals surface area (Å²) in [6, 6.07) is 8.17. The van der Waals surface area contributed by atoms with Crippen LogP contribution in [0.3, 0.4) is 0 Å². The van der Waals surface area contributed by atoms with Crippen molar-refractivity contribution in [2.45, 2.75) is 25.8 Å². The van der Waals surface area contributed by atoms with Gasteiger partial charge in [-0.25, -0.2) is 5.01 Å². The summed E-state index contributed by atoms with van der Waals surface area (Å²) in [6.07, 6.45) is 3.98. The van der Waals surface area contributed by atoms with Gasteiger partial charge in [-0.05, 0) is 18.9 Å². The van der Waals surface area contributed by atoms with Crippen LogP contribution in [0.5, 0.6) is 5.75 Å². The molecule has 2 rings (SSSR count). The summed E-state index contributed by atoms with van der Waals surface area (Å²) < 4.78 is 5.33. The van der Waals surface area contributed by atoms with Gasteiger partial charge in [-0.2, -0.15) is 0 Å². The van der Waals surface area contributed by atoms with Gasteiger partial charge < -0.3 is 4.74 Å². The van der Waals surface area contributed by atoms with Gasteiger partial charge in [0, 0.05) is 25.2 Å². The second-order valence-corrected chi connectivity index (χ2v) is 4.19. The molecule has 1 heterocycles. The molecule has 16 heavy (non-hydrogen) atoms. The first-order valence-corrected chi connectivity index (χ1v) is 6.00. The van der Waals surface area contributed by atoms with Gasteiger partial charge in [-0.3, -0.25) is 5.43 Å². The van der Waals surface area contributed by atoms with Crippen LogP contribution >= 0.6 is 0 Å². The summed E-state index contributed by atoms with van der Waals surface area (Å²) in [5.41, 5.74) is 4.68. The van der Waals surface area contributed by atoms with Gasteiger partial charge in [0.2, 0.25) is 0 Å². The first kappa shape index (κ1) is 11.4. The van der Waals surface area contributed by atoms with E-state index in [1.54, 1.807) is 7.11 Å². The van der Waals surface area contributed by atoms with Crippen LogP contribution in [-0.2, 0) is 6.54 Å². The summed E-state index contributed by atoms with van der Waals surface area (Å²) in [5, 5.41) is 2.32. The lowest BCUT2D eigenvalue weighted by Gasteiger charge is -2.27. The Kier molecular flexibility index (Phi) is 4.19. The molecule has 3 nitrogen and oxygen atoms in total. The predicted octanol–water partition coefficient (Wildman–Crippen LogP) is 2.19. The Balaban J connectivity index is 1.88. The molecule has 1 aromatic carbocycles. The number of nitrogens with one attached hydrogen (secondary N) is 1. The zero-order valence-corrected chi connectivity index (χ0v) is 9.91. The Labute approximate surface area is 97.4 Å². The van der Waals surface area contributed by atoms with Crippen molar-refractivity contribution in [3.05, 3.63) is 29.8 Å². The zero-order valence-electron chi connectivity index (χ0n) is 9.91. The number of piperidine rings is 1. The van der Waals surface area contributed by atoms with Crippen molar-refractivity contribution in [3.8, 4) is 5.75 Å². The molecule has 1 aliphatic rings. The summed E-state index contributed by atoms with van der Waals surface area (Å²) >= 11 is 0. The standard InChI is InChI=1S/C13H20N2O/c1-16-13-8-4-3-7-12(13)11-14-15-9-5-2-6-10-15/h3-4,7-8,14H,2,5-6,9-11H2,1H3. The first-order valence-electron chi connectivity index (χ1n) is 6.00. The Hall–Kier alpha value is -1.06. The van der Waals surface area contributed by atoms with Crippen molar-refractivity contribution in [3.63, 3.8) is 0 Å². The van der Waals surface area contributed by atoms with Gasteiger partial charge in [-0.15, -0.1) is 0 Å². The van der Waals surface area contributed by atoms with Gasteiger partial charge >= 0.3 is 0 Å². The number of para-hydroxylation sites is 1. The fraction of sp³-hybridized carbons (Fsp3) is 0.538. The van der Waals surface area contributed by atoms with Gasteiger partial charge in [-0.1, -0.05) is 24.6 Å². The van der Waals surface area contributed by atoms with Gasteiger partial charge in [0.05, 0.1) is 7.11 Å². The number of hydrazine groups is 1. The van der Waals surface area contributed by atoms with Crippen LogP contribution in [0, 0.1) is 0 Å². The average Bonchev–Trinajstić information content (AvgIpc) is 2.38. The number of benzene rings is 1. The van der Waals surface area contributed by atoms with Crippen molar-refractivity contribution in [2.75, 3.05) is 20.2 Å². The van der Waals surface area contributed by atoms with E-state index in [1.165, 1.54) is 24.8 Å². The van der Waals surface area contributed by atoms with Crippen LogP contribution in [-0.4, -0.2) is 25.2 Å². The van der Waals surface area contributed by atoms with Crippen LogP contribution in [0.25, 0.3) is 0 Å². The minimum absolute atomic E-state index is 0.851. The highest BCUT2D eigenvalue weighted by molar-refractivity contribution is 5.32. The number of rotatable bonds is 4. The van der Waals surface area contributed by atoms with E-state index >= 15 is 0 Å². The number of ether oxygens (including phenoxy) is 1. The maximum atomic E-state index is 5.33. The molecule has 1 aromatic rings. The molecule has 1 N–H and O–H groups in total. The van der Waals surface area contributed by atoms with E-state index in [4.69, 9.17) is 4.74 Å². The highest BCUT2D eigenvalue weighted by Gasteiger charge is 2.10. The molecule has 0 atom stereocenters. The third-order valence-corrected chi connectivity index (χ3v) is 3.04. The molecule has 0 bridgehead atoms. The lowest BCUT2D eigenvalue weighted by atomic mass is 10.1. The van der Waals surface area contributed by atoms with E-state index in [1.807, 2.05) is 12.1 Å². The molecule has 0 amide bonds. The second kappa shape index (κ2) is 5.87. The Bertz CT molecular complexity index is 321. The third kappa shape index (κ3) is 2.97. The molecule has 0 saturated carbocycles. The number of hydrogen-bond acceptors (Lipinski definition) is 3. The smallest absolute Gasteiger partial charge is 0.123 e. The molecule has 1 aliphatic heterocycles. The van der Waals surface area contributed by atoms with Crippen molar-refractivity contribution < 1.29 is 4.74 Å². The quantitative estimate of drug-likeness (QED) is 0.841. The van der Waals surface area contributed by atoms with E-state index < -0.39 is 0 Å². The highest BCUT2D eigenvalue weighted by Crippen LogP contribution is 2.17. The predicted molar refractivity (Wildman–Crippen MR) is 65.3 cm³/mol. The number of nitrogens with zero attached hydrogens (tertiary/aromatic N) is 1. The lowest BCUT2D eigenvalue weighted by molar-refractivity contribution is 0.150. The van der Waals surface area contributed by atoms with E-state index in [-0.39, 0.29) is 0 Å². The highest BCUT2D eigenvalue weighted by atomic mass is 16.5. The molecule has 1 fully saturated rings. The molecule has 0 spiro atoms. The van der Waals surface area contributed by atoms with Crippen molar-refractivity contribution >= 4 is 0 Å². The van der Waals surface area contributed by atoms with Crippen molar-refractivity contribution in [1.29, 1.82) is 0 Å². The Morgan fingerprint density at radius 1 is 1.19 bits per heavy atom. The monoisotopic (exact) mass is 220 g/mol. The molecular formula is C13H20N2O. The number of methoxy groups -OCH3 is 1. The molecule has 88 valence electrons. The summed E-state index contributed by atoms with van der Waals surface area (Å²) in [7, 11) is 1.72. The minimum Gasteiger partial charge on any atom is -0.496 e.